The number of hydrogen-bond donors (Lipinski definition) is 1. The molecule has 4 nitrogen and oxygen atoms in total. The van der Waals surface area contributed by atoms with Gasteiger partial charge in [-0.3, -0.25) is 14.5 Å². The van der Waals surface area contributed by atoms with Crippen molar-refractivity contribution in [3.8, 4) is 0 Å². The van der Waals surface area contributed by atoms with Crippen molar-refractivity contribution in [2.75, 3.05) is 5.32 Å². The fourth-order valence-corrected chi connectivity index (χ4v) is 3.67. The molecule has 2 aromatic rings. The average molecular weight is 362 g/mol. The number of aryl methyl sites for hydroxylation is 4. The predicted molar refractivity (Wildman–Crippen MR) is 109 cm³/mol. The zero-order valence-corrected chi connectivity index (χ0v) is 16.8. The van der Waals surface area contributed by atoms with Gasteiger partial charge in [-0.2, -0.15) is 0 Å². The van der Waals surface area contributed by atoms with E-state index in [0.29, 0.717) is 11.3 Å². The lowest BCUT2D eigenvalue weighted by Gasteiger charge is -2.19. The van der Waals surface area contributed by atoms with Gasteiger partial charge in [-0.05, 0) is 75.9 Å². The normalized spacial score (nSPS) is 14.6. The lowest BCUT2D eigenvalue weighted by Crippen LogP contribution is -2.38. The Bertz CT molecular complexity index is 950. The molecule has 0 unspecified atom stereocenters. The molecule has 2 aromatic carbocycles. The summed E-state index contributed by atoms with van der Waals surface area (Å²) in [6.07, 6.45) is 0. The third kappa shape index (κ3) is 3.52. The fraction of sp³-hybridized carbons (Fsp3) is 0.304. The highest BCUT2D eigenvalue weighted by atomic mass is 16.2. The van der Waals surface area contributed by atoms with Crippen LogP contribution < -0.4 is 5.32 Å². The van der Waals surface area contributed by atoms with Crippen LogP contribution in [0.4, 0.5) is 5.69 Å². The van der Waals surface area contributed by atoms with Crippen molar-refractivity contribution in [1.29, 1.82) is 0 Å². The van der Waals surface area contributed by atoms with Crippen molar-refractivity contribution in [3.05, 3.63) is 69.9 Å². The number of benzene rings is 2. The molecule has 3 rings (SSSR count). The Kier molecular flexibility index (Phi) is 4.92. The second-order valence-corrected chi connectivity index (χ2v) is 7.64. The van der Waals surface area contributed by atoms with Crippen LogP contribution in [0.2, 0.25) is 0 Å². The van der Waals surface area contributed by atoms with Gasteiger partial charge in [-0.25, -0.2) is 0 Å². The summed E-state index contributed by atoms with van der Waals surface area (Å²) in [4.78, 5) is 27.5. The first-order valence-electron chi connectivity index (χ1n) is 9.24. The first-order chi connectivity index (χ1) is 12.7. The van der Waals surface area contributed by atoms with E-state index in [1.807, 2.05) is 71.9 Å². The number of anilines is 1. The third-order valence-corrected chi connectivity index (χ3v) is 4.77. The molecule has 1 N–H and O–H groups in total. The first-order valence-corrected chi connectivity index (χ1v) is 9.24. The molecule has 2 amide bonds. The lowest BCUT2D eigenvalue weighted by atomic mass is 9.97. The van der Waals surface area contributed by atoms with Crippen LogP contribution in [0.25, 0.3) is 5.57 Å². The molecule has 0 spiro atoms. The number of hydrogen-bond acceptors (Lipinski definition) is 3. The Morgan fingerprint density at radius 2 is 1.44 bits per heavy atom. The Hall–Kier alpha value is -2.88. The van der Waals surface area contributed by atoms with E-state index in [-0.39, 0.29) is 17.9 Å². The van der Waals surface area contributed by atoms with E-state index in [1.54, 1.807) is 0 Å². The molecule has 1 heterocycles. The molecular weight excluding hydrogens is 336 g/mol. The average Bonchev–Trinajstić information content (AvgIpc) is 2.77. The van der Waals surface area contributed by atoms with Crippen LogP contribution in [0, 0.1) is 27.7 Å². The van der Waals surface area contributed by atoms with Crippen LogP contribution in [0.15, 0.2) is 42.1 Å². The SMILES string of the molecule is Cc1cc(C)cc(NC2=C(c3ccc(C)cc3C)C(=O)N(C(C)C)C2=O)c1. The van der Waals surface area contributed by atoms with Gasteiger partial charge in [-0.1, -0.05) is 29.8 Å². The second-order valence-electron chi connectivity index (χ2n) is 7.64. The molecule has 0 aliphatic carbocycles. The minimum absolute atomic E-state index is 0.204. The van der Waals surface area contributed by atoms with Gasteiger partial charge in [0, 0.05) is 11.7 Å². The molecule has 0 atom stereocenters. The predicted octanol–water partition coefficient (Wildman–Crippen LogP) is 4.52. The summed E-state index contributed by atoms with van der Waals surface area (Å²) in [6, 6.07) is 11.8. The standard InChI is InChI=1S/C23H26N2O2/c1-13(2)25-22(26)20(19-8-7-14(3)10-17(19)6)21(23(25)27)24-18-11-15(4)9-16(5)12-18/h7-13,24H,1-6H3. The van der Waals surface area contributed by atoms with E-state index in [1.165, 1.54) is 4.90 Å². The third-order valence-electron chi connectivity index (χ3n) is 4.77. The largest absolute Gasteiger partial charge is 0.350 e. The molecule has 0 fully saturated rings. The van der Waals surface area contributed by atoms with E-state index in [9.17, 15) is 9.59 Å². The van der Waals surface area contributed by atoms with Crippen LogP contribution >= 0.6 is 0 Å². The number of amides is 2. The lowest BCUT2D eigenvalue weighted by molar-refractivity contribution is -0.138. The van der Waals surface area contributed by atoms with E-state index in [2.05, 4.69) is 11.4 Å². The molecule has 0 saturated heterocycles. The summed E-state index contributed by atoms with van der Waals surface area (Å²) in [7, 11) is 0. The van der Waals surface area contributed by atoms with Gasteiger partial charge in [-0.15, -0.1) is 0 Å². The van der Waals surface area contributed by atoms with Crippen molar-refractivity contribution in [1.82, 2.24) is 4.90 Å². The van der Waals surface area contributed by atoms with Crippen LogP contribution in [0.1, 0.15) is 41.7 Å². The van der Waals surface area contributed by atoms with E-state index in [0.717, 1.165) is 33.5 Å². The number of nitrogens with zero attached hydrogens (tertiary/aromatic N) is 1. The van der Waals surface area contributed by atoms with E-state index < -0.39 is 0 Å². The minimum Gasteiger partial charge on any atom is -0.350 e. The van der Waals surface area contributed by atoms with Gasteiger partial charge < -0.3 is 5.32 Å². The Morgan fingerprint density at radius 3 is 2.00 bits per heavy atom. The molecule has 140 valence electrons. The van der Waals surface area contributed by atoms with Crippen molar-refractivity contribution in [2.24, 2.45) is 0 Å². The maximum Gasteiger partial charge on any atom is 0.278 e. The zero-order chi connectivity index (χ0) is 19.9. The topological polar surface area (TPSA) is 49.4 Å². The molecule has 0 aromatic heterocycles. The maximum atomic E-state index is 13.1. The fourth-order valence-electron chi connectivity index (χ4n) is 3.67. The molecule has 1 aliphatic rings. The Morgan fingerprint density at radius 1 is 0.815 bits per heavy atom. The zero-order valence-electron chi connectivity index (χ0n) is 16.8. The molecule has 27 heavy (non-hydrogen) atoms. The van der Waals surface area contributed by atoms with Gasteiger partial charge in [0.15, 0.2) is 0 Å². The minimum atomic E-state index is -0.274. The smallest absolute Gasteiger partial charge is 0.278 e. The van der Waals surface area contributed by atoms with Gasteiger partial charge in [0.05, 0.1) is 5.57 Å². The summed E-state index contributed by atoms with van der Waals surface area (Å²) in [5.41, 5.74) is 6.73. The van der Waals surface area contributed by atoms with Crippen molar-refractivity contribution in [2.45, 2.75) is 47.6 Å². The summed E-state index contributed by atoms with van der Waals surface area (Å²) in [5, 5.41) is 3.25. The first kappa shape index (κ1) is 18.9. The number of nitrogens with one attached hydrogen (secondary N) is 1. The second kappa shape index (κ2) is 7.03. The molecular formula is C23H26N2O2. The molecule has 0 saturated carbocycles. The van der Waals surface area contributed by atoms with Crippen LogP contribution in [0.3, 0.4) is 0 Å². The summed E-state index contributed by atoms with van der Waals surface area (Å²) in [6.45, 7) is 11.7. The molecule has 0 radical (unpaired) electrons. The number of carbonyl (C=O) groups excluding carboxylic acids is 2. The highest BCUT2D eigenvalue weighted by Crippen LogP contribution is 2.33. The van der Waals surface area contributed by atoms with Crippen molar-refractivity contribution in [3.63, 3.8) is 0 Å². The van der Waals surface area contributed by atoms with Gasteiger partial charge in [0.1, 0.15) is 5.70 Å². The number of imide groups is 1. The molecule has 4 heteroatoms. The Labute approximate surface area is 160 Å². The van der Waals surface area contributed by atoms with Gasteiger partial charge >= 0.3 is 0 Å². The molecule has 0 bridgehead atoms. The molecule has 1 aliphatic heterocycles. The van der Waals surface area contributed by atoms with Crippen LogP contribution in [-0.2, 0) is 9.59 Å². The highest BCUT2D eigenvalue weighted by molar-refractivity contribution is 6.36. The van der Waals surface area contributed by atoms with Gasteiger partial charge in [0.2, 0.25) is 0 Å². The van der Waals surface area contributed by atoms with E-state index in [4.69, 9.17) is 0 Å². The van der Waals surface area contributed by atoms with Crippen molar-refractivity contribution < 1.29 is 9.59 Å². The Balaban J connectivity index is 2.17. The summed E-state index contributed by atoms with van der Waals surface area (Å²) >= 11 is 0. The quantitative estimate of drug-likeness (QED) is 0.814. The van der Waals surface area contributed by atoms with Crippen molar-refractivity contribution >= 4 is 23.1 Å². The van der Waals surface area contributed by atoms with Gasteiger partial charge in [0.25, 0.3) is 11.8 Å². The highest BCUT2D eigenvalue weighted by Gasteiger charge is 2.41. The number of carbonyl (C=O) groups is 2. The summed E-state index contributed by atoms with van der Waals surface area (Å²) in [5.74, 6) is -0.516. The van der Waals surface area contributed by atoms with Crippen LogP contribution in [-0.4, -0.2) is 22.8 Å². The van der Waals surface area contributed by atoms with E-state index >= 15 is 0 Å². The monoisotopic (exact) mass is 362 g/mol. The summed E-state index contributed by atoms with van der Waals surface area (Å²) < 4.78 is 0. The number of rotatable bonds is 4. The maximum absolute atomic E-state index is 13.1. The van der Waals surface area contributed by atoms with Crippen LogP contribution in [0.5, 0.6) is 0 Å².